The number of methoxy groups -OCH3 is 1. The average molecular weight is 240 g/mol. The minimum atomic E-state index is -0.0454. The molecule has 0 aromatic carbocycles. The van der Waals surface area contributed by atoms with Crippen LogP contribution in [-0.4, -0.2) is 37.9 Å². The van der Waals surface area contributed by atoms with Gasteiger partial charge in [0.1, 0.15) is 0 Å². The smallest absolute Gasteiger partial charge is 0.0746 e. The Hall–Kier alpha value is -0.120. The predicted octanol–water partition coefficient (Wildman–Crippen LogP) is 1.92. The highest BCUT2D eigenvalue weighted by atomic mass is 16.5. The third-order valence-electron chi connectivity index (χ3n) is 4.53. The molecule has 2 aliphatic rings. The molecular weight excluding hydrogens is 212 g/mol. The second kappa shape index (κ2) is 5.68. The van der Waals surface area contributed by atoms with Gasteiger partial charge in [-0.05, 0) is 52.0 Å². The first kappa shape index (κ1) is 13.3. The summed E-state index contributed by atoms with van der Waals surface area (Å²) < 4.78 is 5.48. The lowest BCUT2D eigenvalue weighted by Gasteiger charge is -2.30. The van der Waals surface area contributed by atoms with Crippen molar-refractivity contribution in [2.75, 3.05) is 20.2 Å². The van der Waals surface area contributed by atoms with E-state index in [1.807, 2.05) is 0 Å². The highest BCUT2D eigenvalue weighted by Crippen LogP contribution is 2.32. The Morgan fingerprint density at radius 3 is 2.71 bits per heavy atom. The molecule has 2 N–H and O–H groups in total. The van der Waals surface area contributed by atoms with Crippen LogP contribution in [0.1, 0.15) is 46.0 Å². The maximum Gasteiger partial charge on any atom is 0.0746 e. The summed E-state index contributed by atoms with van der Waals surface area (Å²) in [5, 5.41) is 7.40. The van der Waals surface area contributed by atoms with Gasteiger partial charge in [-0.1, -0.05) is 6.42 Å². The normalized spacial score (nSPS) is 34.4. The molecule has 100 valence electrons. The Morgan fingerprint density at radius 2 is 2.06 bits per heavy atom. The van der Waals surface area contributed by atoms with Crippen molar-refractivity contribution < 1.29 is 4.74 Å². The maximum atomic E-state index is 5.48. The Morgan fingerprint density at radius 1 is 1.24 bits per heavy atom. The summed E-state index contributed by atoms with van der Waals surface area (Å²) in [4.78, 5) is 0. The molecule has 0 radical (unpaired) electrons. The van der Waals surface area contributed by atoms with E-state index in [1.165, 1.54) is 38.6 Å². The lowest BCUT2D eigenvalue weighted by molar-refractivity contribution is 0.0196. The second-order valence-electron chi connectivity index (χ2n) is 6.25. The Bertz CT molecular complexity index is 236. The molecule has 3 atom stereocenters. The van der Waals surface area contributed by atoms with Gasteiger partial charge < -0.3 is 15.4 Å². The zero-order valence-corrected chi connectivity index (χ0v) is 11.6. The first-order valence-electron chi connectivity index (χ1n) is 7.14. The molecule has 3 unspecified atom stereocenters. The van der Waals surface area contributed by atoms with E-state index in [0.717, 1.165) is 18.5 Å². The highest BCUT2D eigenvalue weighted by molar-refractivity contribution is 4.94. The van der Waals surface area contributed by atoms with E-state index >= 15 is 0 Å². The Labute approximate surface area is 106 Å². The molecule has 2 fully saturated rings. The second-order valence-corrected chi connectivity index (χ2v) is 6.25. The summed E-state index contributed by atoms with van der Waals surface area (Å²) in [6, 6.07) is 1.46. The fourth-order valence-corrected chi connectivity index (χ4v) is 3.25. The fourth-order valence-electron chi connectivity index (χ4n) is 3.25. The molecular formula is C14H28N2O. The molecule has 2 rings (SSSR count). The topological polar surface area (TPSA) is 33.3 Å². The maximum absolute atomic E-state index is 5.48. The average Bonchev–Trinajstić information content (AvgIpc) is 2.96. The van der Waals surface area contributed by atoms with Crippen molar-refractivity contribution in [3.8, 4) is 0 Å². The van der Waals surface area contributed by atoms with Crippen LogP contribution in [0.15, 0.2) is 0 Å². The van der Waals surface area contributed by atoms with Gasteiger partial charge in [-0.2, -0.15) is 0 Å². The monoisotopic (exact) mass is 240 g/mol. The quantitative estimate of drug-likeness (QED) is 0.770. The molecule has 1 saturated carbocycles. The summed E-state index contributed by atoms with van der Waals surface area (Å²) >= 11 is 0. The largest absolute Gasteiger partial charge is 0.377 e. The number of ether oxygens (including phenoxy) is 1. The van der Waals surface area contributed by atoms with Crippen molar-refractivity contribution in [1.82, 2.24) is 10.6 Å². The van der Waals surface area contributed by atoms with Crippen LogP contribution in [0.2, 0.25) is 0 Å². The van der Waals surface area contributed by atoms with Gasteiger partial charge in [0, 0.05) is 25.7 Å². The van der Waals surface area contributed by atoms with Crippen LogP contribution in [0.3, 0.4) is 0 Å². The molecule has 0 spiro atoms. The van der Waals surface area contributed by atoms with Crippen LogP contribution < -0.4 is 10.6 Å². The molecule has 1 aliphatic carbocycles. The van der Waals surface area contributed by atoms with Crippen molar-refractivity contribution in [3.63, 3.8) is 0 Å². The molecule has 0 bridgehead atoms. The van der Waals surface area contributed by atoms with Gasteiger partial charge in [0.25, 0.3) is 0 Å². The third-order valence-corrected chi connectivity index (χ3v) is 4.53. The molecule has 17 heavy (non-hydrogen) atoms. The summed E-state index contributed by atoms with van der Waals surface area (Å²) in [6.07, 6.45) is 6.84. The van der Waals surface area contributed by atoms with Crippen molar-refractivity contribution in [2.45, 2.75) is 63.6 Å². The summed E-state index contributed by atoms with van der Waals surface area (Å²) in [5.74, 6) is 0.838. The lowest BCUT2D eigenvalue weighted by atomic mass is 9.92. The van der Waals surface area contributed by atoms with E-state index in [9.17, 15) is 0 Å². The molecule has 3 heteroatoms. The fraction of sp³-hybridized carbons (Fsp3) is 1.00. The van der Waals surface area contributed by atoms with E-state index in [1.54, 1.807) is 7.11 Å². The third kappa shape index (κ3) is 3.43. The predicted molar refractivity (Wildman–Crippen MR) is 71.2 cm³/mol. The number of hydrogen-bond acceptors (Lipinski definition) is 3. The highest BCUT2D eigenvalue weighted by Gasteiger charge is 2.35. The Kier molecular flexibility index (Phi) is 4.45. The zero-order chi connectivity index (χ0) is 12.3. The zero-order valence-electron chi connectivity index (χ0n) is 11.6. The molecule has 1 saturated heterocycles. The van der Waals surface area contributed by atoms with Gasteiger partial charge >= 0.3 is 0 Å². The van der Waals surface area contributed by atoms with Gasteiger partial charge in [0.15, 0.2) is 0 Å². The van der Waals surface area contributed by atoms with Crippen molar-refractivity contribution in [1.29, 1.82) is 0 Å². The van der Waals surface area contributed by atoms with Crippen molar-refractivity contribution in [2.24, 2.45) is 5.92 Å². The summed E-state index contributed by atoms with van der Waals surface area (Å²) in [7, 11) is 1.80. The van der Waals surface area contributed by atoms with Crippen molar-refractivity contribution >= 4 is 0 Å². The van der Waals surface area contributed by atoms with Crippen LogP contribution in [-0.2, 0) is 4.74 Å². The van der Waals surface area contributed by atoms with E-state index < -0.39 is 0 Å². The molecule has 1 heterocycles. The summed E-state index contributed by atoms with van der Waals surface area (Å²) in [5.41, 5.74) is -0.0454. The first-order valence-corrected chi connectivity index (χ1v) is 7.14. The standard InChI is InChI=1S/C14H28N2O/c1-14(2,17-3)10-16-13-7-4-6-11(13)12-8-5-9-15-12/h11-13,15-16H,4-10H2,1-3H3. The molecule has 0 aromatic rings. The van der Waals surface area contributed by atoms with Gasteiger partial charge in [-0.15, -0.1) is 0 Å². The van der Waals surface area contributed by atoms with Crippen molar-refractivity contribution in [3.05, 3.63) is 0 Å². The molecule has 1 aliphatic heterocycles. The summed E-state index contributed by atoms with van der Waals surface area (Å²) in [6.45, 7) is 6.48. The van der Waals surface area contributed by atoms with E-state index in [2.05, 4.69) is 24.5 Å². The van der Waals surface area contributed by atoms with Crippen LogP contribution in [0.4, 0.5) is 0 Å². The molecule has 0 amide bonds. The van der Waals surface area contributed by atoms with E-state index in [-0.39, 0.29) is 5.60 Å². The van der Waals surface area contributed by atoms with Crippen LogP contribution in [0, 0.1) is 5.92 Å². The minimum absolute atomic E-state index is 0.0454. The van der Waals surface area contributed by atoms with Gasteiger partial charge in [-0.3, -0.25) is 0 Å². The minimum Gasteiger partial charge on any atom is -0.377 e. The van der Waals surface area contributed by atoms with E-state index in [4.69, 9.17) is 4.74 Å². The van der Waals surface area contributed by atoms with Crippen LogP contribution in [0.25, 0.3) is 0 Å². The van der Waals surface area contributed by atoms with Gasteiger partial charge in [-0.25, -0.2) is 0 Å². The molecule has 0 aromatic heterocycles. The number of rotatable bonds is 5. The van der Waals surface area contributed by atoms with Gasteiger partial charge in [0.2, 0.25) is 0 Å². The lowest BCUT2D eigenvalue weighted by Crippen LogP contribution is -2.47. The van der Waals surface area contributed by atoms with Crippen LogP contribution in [0.5, 0.6) is 0 Å². The number of hydrogen-bond donors (Lipinski definition) is 2. The molecule has 3 nitrogen and oxygen atoms in total. The van der Waals surface area contributed by atoms with Gasteiger partial charge in [0.05, 0.1) is 5.60 Å². The Balaban J connectivity index is 1.82. The van der Waals surface area contributed by atoms with Crippen LogP contribution >= 0.6 is 0 Å². The first-order chi connectivity index (χ1) is 8.12. The van der Waals surface area contributed by atoms with E-state index in [0.29, 0.717) is 6.04 Å². The SMILES string of the molecule is COC(C)(C)CNC1CCCC1C1CCCN1. The number of nitrogens with one attached hydrogen (secondary N) is 2.